The number of benzene rings is 1. The molecule has 2 atom stereocenters. The number of rotatable bonds is 4. The van der Waals surface area contributed by atoms with E-state index in [1.807, 2.05) is 0 Å². The predicted octanol–water partition coefficient (Wildman–Crippen LogP) is 2.21. The maximum Gasteiger partial charge on any atom is 0.337 e. The molecule has 1 saturated heterocycles. The topological polar surface area (TPSA) is 49.8 Å². The number of aliphatic hydroxyl groups is 1. The summed E-state index contributed by atoms with van der Waals surface area (Å²) in [4.78, 5) is 13.6. The zero-order chi connectivity index (χ0) is 15.4. The molecule has 2 rings (SSSR count). The number of ether oxygens (including phenoxy) is 1. The van der Waals surface area contributed by atoms with Crippen LogP contribution in [0.3, 0.4) is 0 Å². The normalized spacial score (nSPS) is 23.0. The maximum atomic E-state index is 14.1. The second kappa shape index (κ2) is 7.00. The van der Waals surface area contributed by atoms with Crippen LogP contribution in [0.5, 0.6) is 0 Å². The minimum Gasteiger partial charge on any atom is -0.465 e. The van der Waals surface area contributed by atoms with Gasteiger partial charge in [-0.1, -0.05) is 6.07 Å². The number of halogens is 1. The lowest BCUT2D eigenvalue weighted by atomic mass is 9.93. The monoisotopic (exact) mass is 295 g/mol. The first kappa shape index (κ1) is 15.9. The Bertz CT molecular complexity index is 506. The number of esters is 1. The van der Waals surface area contributed by atoms with Gasteiger partial charge in [0.05, 0.1) is 12.7 Å². The van der Waals surface area contributed by atoms with Gasteiger partial charge in [0, 0.05) is 31.3 Å². The summed E-state index contributed by atoms with van der Waals surface area (Å²) in [7, 11) is 1.28. The van der Waals surface area contributed by atoms with Gasteiger partial charge in [-0.15, -0.1) is 0 Å². The fraction of sp³-hybridized carbons (Fsp3) is 0.562. The molecule has 1 aliphatic heterocycles. The average molecular weight is 295 g/mol. The van der Waals surface area contributed by atoms with Crippen molar-refractivity contribution in [3.8, 4) is 0 Å². The molecule has 4 nitrogen and oxygen atoms in total. The molecule has 2 unspecified atom stereocenters. The van der Waals surface area contributed by atoms with Crippen LogP contribution >= 0.6 is 0 Å². The van der Waals surface area contributed by atoms with E-state index < -0.39 is 11.8 Å². The maximum absolute atomic E-state index is 14.1. The van der Waals surface area contributed by atoms with Crippen LogP contribution in [-0.2, 0) is 11.3 Å². The van der Waals surface area contributed by atoms with Gasteiger partial charge in [0.15, 0.2) is 0 Å². The first-order valence-corrected chi connectivity index (χ1v) is 7.26. The van der Waals surface area contributed by atoms with Gasteiger partial charge >= 0.3 is 5.97 Å². The zero-order valence-electron chi connectivity index (χ0n) is 12.5. The molecule has 116 valence electrons. The minimum atomic E-state index is -0.535. The van der Waals surface area contributed by atoms with E-state index in [1.165, 1.54) is 13.2 Å². The Morgan fingerprint density at radius 2 is 2.24 bits per heavy atom. The molecule has 1 aromatic rings. The Balaban J connectivity index is 2.10. The average Bonchev–Trinajstić information content (AvgIpc) is 2.50. The van der Waals surface area contributed by atoms with Crippen molar-refractivity contribution in [1.82, 2.24) is 4.90 Å². The molecule has 0 bridgehead atoms. The van der Waals surface area contributed by atoms with Crippen molar-refractivity contribution in [3.63, 3.8) is 0 Å². The summed E-state index contributed by atoms with van der Waals surface area (Å²) in [5.41, 5.74) is 0.784. The number of likely N-dealkylation sites (tertiary alicyclic amines) is 1. The van der Waals surface area contributed by atoms with Crippen molar-refractivity contribution < 1.29 is 19.0 Å². The largest absolute Gasteiger partial charge is 0.465 e. The third kappa shape index (κ3) is 3.80. The van der Waals surface area contributed by atoms with Gasteiger partial charge in [0.2, 0.25) is 0 Å². The third-order valence-corrected chi connectivity index (χ3v) is 4.21. The highest BCUT2D eigenvalue weighted by molar-refractivity contribution is 5.89. The van der Waals surface area contributed by atoms with Gasteiger partial charge in [-0.05, 0) is 37.8 Å². The Morgan fingerprint density at radius 3 is 2.86 bits per heavy atom. The number of methoxy groups -OCH3 is 1. The predicted molar refractivity (Wildman–Crippen MR) is 77.4 cm³/mol. The molecule has 0 saturated carbocycles. The van der Waals surface area contributed by atoms with Crippen molar-refractivity contribution in [2.24, 2.45) is 5.92 Å². The second-order valence-electron chi connectivity index (χ2n) is 5.70. The molecule has 1 heterocycles. The molecule has 1 aliphatic rings. The first-order chi connectivity index (χ1) is 10.0. The summed E-state index contributed by atoms with van der Waals surface area (Å²) in [5, 5.41) is 9.29. The number of hydrogen-bond acceptors (Lipinski definition) is 4. The summed E-state index contributed by atoms with van der Waals surface area (Å²) in [6, 6.07) is 4.81. The van der Waals surface area contributed by atoms with Crippen LogP contribution in [0.1, 0.15) is 35.7 Å². The summed E-state index contributed by atoms with van der Waals surface area (Å²) in [5.74, 6) is -0.665. The van der Waals surface area contributed by atoms with Gasteiger partial charge in [-0.3, -0.25) is 4.90 Å². The van der Waals surface area contributed by atoms with Gasteiger partial charge in [0.25, 0.3) is 0 Å². The molecule has 0 aliphatic carbocycles. The van der Waals surface area contributed by atoms with Crippen LogP contribution in [0.2, 0.25) is 0 Å². The van der Waals surface area contributed by atoms with E-state index in [0.29, 0.717) is 18.2 Å². The molecular weight excluding hydrogens is 273 g/mol. The number of carbonyl (C=O) groups excluding carboxylic acids is 1. The van der Waals surface area contributed by atoms with Gasteiger partial charge in [0.1, 0.15) is 5.82 Å². The highest BCUT2D eigenvalue weighted by Crippen LogP contribution is 2.24. The summed E-state index contributed by atoms with van der Waals surface area (Å²) >= 11 is 0. The number of hydrogen-bond donors (Lipinski definition) is 1. The van der Waals surface area contributed by atoms with E-state index >= 15 is 0 Å². The van der Waals surface area contributed by atoms with Gasteiger partial charge in [-0.2, -0.15) is 0 Å². The number of nitrogens with zero attached hydrogens (tertiary/aromatic N) is 1. The Morgan fingerprint density at radius 1 is 1.48 bits per heavy atom. The van der Waals surface area contributed by atoms with Crippen LogP contribution in [0.4, 0.5) is 4.39 Å². The lowest BCUT2D eigenvalue weighted by Gasteiger charge is -2.37. The first-order valence-electron chi connectivity index (χ1n) is 7.26. The van der Waals surface area contributed by atoms with Crippen LogP contribution < -0.4 is 0 Å². The fourth-order valence-electron chi connectivity index (χ4n) is 2.77. The van der Waals surface area contributed by atoms with Crippen LogP contribution in [0.25, 0.3) is 0 Å². The molecule has 1 fully saturated rings. The molecule has 0 radical (unpaired) electrons. The highest BCUT2D eigenvalue weighted by atomic mass is 19.1. The number of aliphatic hydroxyl groups excluding tert-OH is 1. The molecule has 0 amide bonds. The number of carbonyl (C=O) groups is 1. The van der Waals surface area contributed by atoms with Crippen LogP contribution in [-0.4, -0.2) is 42.3 Å². The van der Waals surface area contributed by atoms with E-state index in [1.54, 1.807) is 12.1 Å². The summed E-state index contributed by atoms with van der Waals surface area (Å²) in [6.07, 6.45) is 2.02. The van der Waals surface area contributed by atoms with Crippen LogP contribution in [0, 0.1) is 11.7 Å². The Kier molecular flexibility index (Phi) is 5.31. The smallest absolute Gasteiger partial charge is 0.337 e. The lowest BCUT2D eigenvalue weighted by molar-refractivity contribution is 0.0599. The number of piperidine rings is 1. The van der Waals surface area contributed by atoms with E-state index in [2.05, 4.69) is 16.6 Å². The summed E-state index contributed by atoms with van der Waals surface area (Å²) in [6.45, 7) is 3.56. The van der Waals surface area contributed by atoms with Crippen molar-refractivity contribution in [3.05, 3.63) is 35.1 Å². The van der Waals surface area contributed by atoms with Crippen molar-refractivity contribution in [1.29, 1.82) is 0 Å². The highest BCUT2D eigenvalue weighted by Gasteiger charge is 2.25. The van der Waals surface area contributed by atoms with E-state index in [-0.39, 0.29) is 18.1 Å². The molecule has 0 aromatic heterocycles. The summed E-state index contributed by atoms with van der Waals surface area (Å²) < 4.78 is 18.7. The lowest BCUT2D eigenvalue weighted by Crippen LogP contribution is -2.42. The molecular formula is C16H22FNO3. The molecule has 0 spiro atoms. The van der Waals surface area contributed by atoms with E-state index in [0.717, 1.165) is 19.4 Å². The molecule has 5 heteroatoms. The van der Waals surface area contributed by atoms with E-state index in [4.69, 9.17) is 0 Å². The second-order valence-corrected chi connectivity index (χ2v) is 5.70. The fourth-order valence-corrected chi connectivity index (χ4v) is 2.77. The van der Waals surface area contributed by atoms with Crippen molar-refractivity contribution in [2.75, 3.05) is 20.3 Å². The zero-order valence-corrected chi connectivity index (χ0v) is 12.5. The molecule has 21 heavy (non-hydrogen) atoms. The standard InChI is InChI=1S/C16H22FNO3/c1-11-3-4-12(10-19)8-18(11)9-14-6-5-13(7-15(14)17)16(20)21-2/h5-7,11-12,19H,3-4,8-10H2,1-2H3. The molecule has 1 N–H and O–H groups in total. The van der Waals surface area contributed by atoms with Gasteiger partial charge in [-0.25, -0.2) is 9.18 Å². The minimum absolute atomic E-state index is 0.174. The third-order valence-electron chi connectivity index (χ3n) is 4.21. The Hall–Kier alpha value is -1.46. The molecule has 1 aromatic carbocycles. The Labute approximate surface area is 124 Å². The van der Waals surface area contributed by atoms with Crippen LogP contribution in [0.15, 0.2) is 18.2 Å². The van der Waals surface area contributed by atoms with Gasteiger partial charge < -0.3 is 9.84 Å². The van der Waals surface area contributed by atoms with E-state index in [9.17, 15) is 14.3 Å². The van der Waals surface area contributed by atoms with Crippen molar-refractivity contribution in [2.45, 2.75) is 32.4 Å². The van der Waals surface area contributed by atoms with Crippen molar-refractivity contribution >= 4 is 5.97 Å². The quantitative estimate of drug-likeness (QED) is 0.865. The SMILES string of the molecule is COC(=O)c1ccc(CN2CC(CO)CCC2C)c(F)c1.